The number of phenols is 2. The molecule has 0 saturated heterocycles. The highest BCUT2D eigenvalue weighted by Crippen LogP contribution is 2.26. The summed E-state index contributed by atoms with van der Waals surface area (Å²) in [6, 6.07) is 13.8. The number of esters is 1. The van der Waals surface area contributed by atoms with E-state index in [4.69, 9.17) is 10.00 Å². The van der Waals surface area contributed by atoms with Crippen LogP contribution in [0.3, 0.4) is 0 Å². The van der Waals surface area contributed by atoms with Gasteiger partial charge in [0, 0.05) is 0 Å². The molecule has 4 N–H and O–H groups in total. The maximum atomic E-state index is 12.0. The van der Waals surface area contributed by atoms with Gasteiger partial charge in [-0.15, -0.1) is 0 Å². The maximum Gasteiger partial charge on any atom is 0.348 e. The van der Waals surface area contributed by atoms with Crippen molar-refractivity contribution in [1.82, 2.24) is 0 Å². The van der Waals surface area contributed by atoms with Crippen LogP contribution in [-0.2, 0) is 9.53 Å². The van der Waals surface area contributed by atoms with Crippen LogP contribution in [0.5, 0.6) is 11.5 Å². The van der Waals surface area contributed by atoms with Crippen molar-refractivity contribution in [3.8, 4) is 17.6 Å². The number of aliphatic hydroxyl groups is 2. The number of aliphatic hydroxyl groups excluding tert-OH is 2. The predicted octanol–water partition coefficient (Wildman–Crippen LogP) is 1.64. The van der Waals surface area contributed by atoms with E-state index >= 15 is 0 Å². The number of rotatable bonds is 6. The number of nitrogens with zero attached hydrogens (tertiary/aromatic N) is 1. The highest BCUT2D eigenvalue weighted by Gasteiger charge is 2.21. The Hall–Kier alpha value is -3.34. The molecule has 0 fully saturated rings. The van der Waals surface area contributed by atoms with Crippen LogP contribution in [0.15, 0.2) is 54.1 Å². The van der Waals surface area contributed by atoms with Crippen LogP contribution >= 0.6 is 0 Å². The van der Waals surface area contributed by atoms with E-state index in [1.54, 1.807) is 36.4 Å². The molecule has 26 heavy (non-hydrogen) atoms. The van der Waals surface area contributed by atoms with E-state index in [0.717, 1.165) is 0 Å². The number of benzene rings is 2. The number of carbonyl (C=O) groups is 1. The molecule has 0 heterocycles. The molecule has 7 nitrogen and oxygen atoms in total. The Morgan fingerprint density at radius 3 is 2.42 bits per heavy atom. The Balaban J connectivity index is 2.01. The molecule has 2 aromatic rings. The van der Waals surface area contributed by atoms with Gasteiger partial charge in [0.05, 0.1) is 0 Å². The number of hydrogen-bond acceptors (Lipinski definition) is 7. The number of aromatic hydroxyl groups is 2. The zero-order chi connectivity index (χ0) is 19.1. The number of ether oxygens (including phenoxy) is 1. The van der Waals surface area contributed by atoms with Gasteiger partial charge in [0.25, 0.3) is 0 Å². The zero-order valence-electron chi connectivity index (χ0n) is 13.6. The first kappa shape index (κ1) is 19.0. The van der Waals surface area contributed by atoms with Crippen LogP contribution in [0, 0.1) is 11.3 Å². The number of nitriles is 1. The minimum absolute atomic E-state index is 0.304. The van der Waals surface area contributed by atoms with Gasteiger partial charge in [-0.1, -0.05) is 36.4 Å². The smallest absolute Gasteiger partial charge is 0.348 e. The molecule has 0 amide bonds. The van der Waals surface area contributed by atoms with Gasteiger partial charge in [-0.2, -0.15) is 5.26 Å². The summed E-state index contributed by atoms with van der Waals surface area (Å²) in [5.74, 6) is -1.72. The van der Waals surface area contributed by atoms with Crippen molar-refractivity contribution < 1.29 is 30.0 Å². The summed E-state index contributed by atoms with van der Waals surface area (Å²) in [7, 11) is 0. The van der Waals surface area contributed by atoms with Crippen LogP contribution in [0.2, 0.25) is 0 Å². The van der Waals surface area contributed by atoms with E-state index in [1.807, 2.05) is 0 Å². The summed E-state index contributed by atoms with van der Waals surface area (Å²) >= 11 is 0. The van der Waals surface area contributed by atoms with Crippen molar-refractivity contribution in [3.63, 3.8) is 0 Å². The second-order valence-corrected chi connectivity index (χ2v) is 5.44. The average Bonchev–Trinajstić information content (AvgIpc) is 2.66. The van der Waals surface area contributed by atoms with Crippen molar-refractivity contribution in [2.75, 3.05) is 6.61 Å². The first-order chi connectivity index (χ1) is 12.4. The van der Waals surface area contributed by atoms with Gasteiger partial charge < -0.3 is 25.2 Å². The van der Waals surface area contributed by atoms with Gasteiger partial charge in [-0.05, 0) is 29.3 Å². The molecule has 2 rings (SSSR count). The Bertz CT molecular complexity index is 841. The lowest BCUT2D eigenvalue weighted by Crippen LogP contribution is -2.26. The van der Waals surface area contributed by atoms with Crippen LogP contribution in [0.1, 0.15) is 17.2 Å². The highest BCUT2D eigenvalue weighted by atomic mass is 16.5. The lowest BCUT2D eigenvalue weighted by atomic mass is 10.1. The lowest BCUT2D eigenvalue weighted by Gasteiger charge is -2.17. The molecule has 2 atom stereocenters. The third-order valence-corrected chi connectivity index (χ3v) is 3.54. The predicted molar refractivity (Wildman–Crippen MR) is 91.7 cm³/mol. The van der Waals surface area contributed by atoms with Crippen LogP contribution < -0.4 is 0 Å². The molecule has 0 aliphatic heterocycles. The van der Waals surface area contributed by atoms with Crippen molar-refractivity contribution in [3.05, 3.63) is 65.2 Å². The largest absolute Gasteiger partial charge is 0.504 e. The summed E-state index contributed by atoms with van der Waals surface area (Å²) in [5.41, 5.74) is 0.404. The Labute approximate surface area is 149 Å². The fourth-order valence-corrected chi connectivity index (χ4v) is 2.14. The summed E-state index contributed by atoms with van der Waals surface area (Å²) < 4.78 is 4.87. The maximum absolute atomic E-state index is 12.0. The lowest BCUT2D eigenvalue weighted by molar-refractivity contribution is -0.143. The minimum atomic E-state index is -1.36. The van der Waals surface area contributed by atoms with Crippen molar-refractivity contribution >= 4 is 12.0 Å². The zero-order valence-corrected chi connectivity index (χ0v) is 13.6. The molecule has 134 valence electrons. The van der Waals surface area contributed by atoms with Crippen LogP contribution in [-0.4, -0.2) is 39.1 Å². The number of carbonyl (C=O) groups excluding carboxylic acids is 1. The fraction of sp³-hybridized carbons (Fsp3) is 0.158. The quantitative estimate of drug-likeness (QED) is 0.268. The first-order valence-corrected chi connectivity index (χ1v) is 7.64. The normalized spacial score (nSPS) is 13.5. The third-order valence-electron chi connectivity index (χ3n) is 3.54. The van der Waals surface area contributed by atoms with Gasteiger partial charge in [-0.25, -0.2) is 4.79 Å². The minimum Gasteiger partial charge on any atom is -0.504 e. The summed E-state index contributed by atoms with van der Waals surface area (Å²) in [6.07, 6.45) is -1.44. The molecule has 0 bridgehead atoms. The van der Waals surface area contributed by atoms with Crippen molar-refractivity contribution in [2.45, 2.75) is 12.2 Å². The van der Waals surface area contributed by atoms with Gasteiger partial charge in [0.2, 0.25) is 0 Å². The molecule has 0 aliphatic carbocycles. The first-order valence-electron chi connectivity index (χ1n) is 7.64. The Kier molecular flexibility index (Phi) is 6.33. The molecule has 0 aliphatic rings. The van der Waals surface area contributed by atoms with Gasteiger partial charge in [0.1, 0.15) is 30.5 Å². The topological polar surface area (TPSA) is 131 Å². The van der Waals surface area contributed by atoms with Crippen LogP contribution in [0.4, 0.5) is 0 Å². The van der Waals surface area contributed by atoms with E-state index in [0.29, 0.717) is 11.1 Å². The van der Waals surface area contributed by atoms with Crippen molar-refractivity contribution in [1.29, 1.82) is 5.26 Å². The highest BCUT2D eigenvalue weighted by molar-refractivity contribution is 5.97. The van der Waals surface area contributed by atoms with E-state index < -0.39 is 30.5 Å². The molecule has 7 heteroatoms. The molecular formula is C19H17NO6. The van der Waals surface area contributed by atoms with E-state index in [-0.39, 0.29) is 11.3 Å². The van der Waals surface area contributed by atoms with E-state index in [2.05, 4.69) is 0 Å². The molecule has 0 spiro atoms. The van der Waals surface area contributed by atoms with E-state index in [1.165, 1.54) is 24.3 Å². The second-order valence-electron chi connectivity index (χ2n) is 5.44. The Morgan fingerprint density at radius 2 is 1.81 bits per heavy atom. The van der Waals surface area contributed by atoms with Gasteiger partial charge in [-0.3, -0.25) is 0 Å². The molecule has 0 saturated carbocycles. The molecular weight excluding hydrogens is 338 g/mol. The molecule has 2 unspecified atom stereocenters. The molecule has 0 aromatic heterocycles. The van der Waals surface area contributed by atoms with Gasteiger partial charge in [0.15, 0.2) is 11.5 Å². The number of hydrogen-bond donors (Lipinski definition) is 4. The van der Waals surface area contributed by atoms with Crippen LogP contribution in [0.25, 0.3) is 6.08 Å². The SMILES string of the molecule is N#C/C(=C\c1ccc(O)c(O)c1)C(=O)OCC(O)C(O)c1ccccc1. The molecule has 0 radical (unpaired) electrons. The Morgan fingerprint density at radius 1 is 1.12 bits per heavy atom. The third kappa shape index (κ3) is 4.83. The number of phenolic OH excluding ortho intramolecular Hbond substituents is 2. The van der Waals surface area contributed by atoms with E-state index in [9.17, 15) is 25.2 Å². The standard InChI is InChI=1S/C19H17NO6/c20-10-14(8-12-6-7-15(21)16(22)9-12)19(25)26-11-17(23)18(24)13-4-2-1-3-5-13/h1-9,17-18,21-24H,11H2/b14-8+. The monoisotopic (exact) mass is 355 g/mol. The fourth-order valence-electron chi connectivity index (χ4n) is 2.14. The summed E-state index contributed by atoms with van der Waals surface area (Å²) in [6.45, 7) is -0.505. The molecule has 2 aromatic carbocycles. The second kappa shape index (κ2) is 8.67. The van der Waals surface area contributed by atoms with Crippen molar-refractivity contribution in [2.24, 2.45) is 0 Å². The van der Waals surface area contributed by atoms with Gasteiger partial charge >= 0.3 is 5.97 Å². The average molecular weight is 355 g/mol. The summed E-state index contributed by atoms with van der Waals surface area (Å²) in [4.78, 5) is 12.0. The summed E-state index contributed by atoms with van der Waals surface area (Å²) in [5, 5.41) is 47.7.